The highest BCUT2D eigenvalue weighted by atomic mass is 35.5. The van der Waals surface area contributed by atoms with Crippen molar-refractivity contribution in [2.75, 3.05) is 5.32 Å². The predicted octanol–water partition coefficient (Wildman–Crippen LogP) is 4.17. The highest BCUT2D eigenvalue weighted by Crippen LogP contribution is 2.23. The smallest absolute Gasteiger partial charge is 0.269 e. The van der Waals surface area contributed by atoms with Gasteiger partial charge in [0, 0.05) is 29.4 Å². The Morgan fingerprint density at radius 3 is 2.53 bits per heavy atom. The van der Waals surface area contributed by atoms with Crippen LogP contribution < -0.4 is 5.32 Å². The fraction of sp³-hybridized carbons (Fsp3) is 0.143. The largest absolute Gasteiger partial charge is 0.381 e. The lowest BCUT2D eigenvalue weighted by Crippen LogP contribution is -2.01. The Morgan fingerprint density at radius 2 is 1.89 bits per heavy atom. The Hall–Kier alpha value is -2.07. The minimum absolute atomic E-state index is 0.0997. The first-order chi connectivity index (χ1) is 9.08. The van der Waals surface area contributed by atoms with Crippen molar-refractivity contribution in [3.8, 4) is 0 Å². The normalized spacial score (nSPS) is 10.2. The van der Waals surface area contributed by atoms with E-state index in [1.807, 2.05) is 25.1 Å². The lowest BCUT2D eigenvalue weighted by atomic mass is 10.1. The molecule has 0 aliphatic carbocycles. The van der Waals surface area contributed by atoms with Crippen LogP contribution in [0.2, 0.25) is 5.02 Å². The second kappa shape index (κ2) is 5.71. The van der Waals surface area contributed by atoms with Crippen molar-refractivity contribution in [2.24, 2.45) is 0 Å². The topological polar surface area (TPSA) is 55.2 Å². The molecule has 98 valence electrons. The third-order valence-corrected chi connectivity index (χ3v) is 3.31. The Bertz CT molecular complexity index is 597. The van der Waals surface area contributed by atoms with Gasteiger partial charge in [0.2, 0.25) is 0 Å². The van der Waals surface area contributed by atoms with Gasteiger partial charge in [-0.05, 0) is 30.2 Å². The number of nitro groups is 1. The first-order valence-electron chi connectivity index (χ1n) is 5.80. The van der Waals surface area contributed by atoms with E-state index in [2.05, 4.69) is 5.32 Å². The van der Waals surface area contributed by atoms with Gasteiger partial charge >= 0.3 is 0 Å². The van der Waals surface area contributed by atoms with E-state index >= 15 is 0 Å². The van der Waals surface area contributed by atoms with Crippen LogP contribution in [0.4, 0.5) is 11.4 Å². The number of benzene rings is 2. The highest BCUT2D eigenvalue weighted by molar-refractivity contribution is 6.31. The van der Waals surface area contributed by atoms with Gasteiger partial charge in [0.15, 0.2) is 0 Å². The highest BCUT2D eigenvalue weighted by Gasteiger charge is 2.05. The summed E-state index contributed by atoms with van der Waals surface area (Å²) in [5.74, 6) is 0. The van der Waals surface area contributed by atoms with Crippen molar-refractivity contribution < 1.29 is 4.92 Å². The van der Waals surface area contributed by atoms with Crippen LogP contribution in [0.15, 0.2) is 42.5 Å². The summed E-state index contributed by atoms with van der Waals surface area (Å²) in [7, 11) is 0. The number of anilines is 1. The number of halogens is 1. The monoisotopic (exact) mass is 276 g/mol. The molecule has 0 amide bonds. The molecule has 0 bridgehead atoms. The summed E-state index contributed by atoms with van der Waals surface area (Å²) in [5.41, 5.74) is 3.03. The summed E-state index contributed by atoms with van der Waals surface area (Å²) in [6.45, 7) is 2.54. The van der Waals surface area contributed by atoms with Crippen molar-refractivity contribution in [3.63, 3.8) is 0 Å². The van der Waals surface area contributed by atoms with Gasteiger partial charge in [-0.3, -0.25) is 10.1 Å². The van der Waals surface area contributed by atoms with Crippen LogP contribution in [-0.2, 0) is 6.54 Å². The van der Waals surface area contributed by atoms with Crippen LogP contribution in [-0.4, -0.2) is 4.92 Å². The van der Waals surface area contributed by atoms with Crippen LogP contribution >= 0.6 is 11.6 Å². The molecular formula is C14H13ClN2O2. The molecule has 5 heteroatoms. The maximum Gasteiger partial charge on any atom is 0.269 e. The number of non-ortho nitro benzene ring substituents is 1. The van der Waals surface area contributed by atoms with Gasteiger partial charge in [0.05, 0.1) is 4.92 Å². The first-order valence-corrected chi connectivity index (χ1v) is 6.18. The summed E-state index contributed by atoms with van der Waals surface area (Å²) in [5, 5.41) is 14.5. The Balaban J connectivity index is 2.06. The third kappa shape index (κ3) is 3.23. The molecule has 0 saturated carbocycles. The second-order valence-corrected chi connectivity index (χ2v) is 4.60. The maximum atomic E-state index is 10.5. The fourth-order valence-electron chi connectivity index (χ4n) is 1.73. The second-order valence-electron chi connectivity index (χ2n) is 4.19. The van der Waals surface area contributed by atoms with Crippen molar-refractivity contribution in [1.82, 2.24) is 0 Å². The van der Waals surface area contributed by atoms with Gasteiger partial charge in [-0.2, -0.15) is 0 Å². The van der Waals surface area contributed by atoms with Crippen molar-refractivity contribution >= 4 is 23.0 Å². The number of nitro benzene ring substituents is 1. The molecule has 2 aromatic rings. The SMILES string of the molecule is Cc1c(Cl)cccc1NCc1ccc([N+](=O)[O-])cc1. The number of nitrogens with one attached hydrogen (secondary N) is 1. The van der Waals surface area contributed by atoms with Gasteiger partial charge in [0.1, 0.15) is 0 Å². The first kappa shape index (κ1) is 13.4. The molecule has 2 rings (SSSR count). The fourth-order valence-corrected chi connectivity index (χ4v) is 1.91. The van der Waals surface area contributed by atoms with Crippen LogP contribution in [0.25, 0.3) is 0 Å². The molecular weight excluding hydrogens is 264 g/mol. The van der Waals surface area contributed by atoms with E-state index < -0.39 is 4.92 Å². The summed E-state index contributed by atoms with van der Waals surface area (Å²) < 4.78 is 0. The molecule has 0 spiro atoms. The van der Waals surface area contributed by atoms with E-state index in [-0.39, 0.29) is 5.69 Å². The van der Waals surface area contributed by atoms with Crippen molar-refractivity contribution in [2.45, 2.75) is 13.5 Å². The van der Waals surface area contributed by atoms with Crippen molar-refractivity contribution in [3.05, 3.63) is 68.7 Å². The summed E-state index contributed by atoms with van der Waals surface area (Å²) >= 11 is 6.04. The zero-order valence-electron chi connectivity index (χ0n) is 10.4. The molecule has 0 radical (unpaired) electrons. The van der Waals surface area contributed by atoms with E-state index in [0.29, 0.717) is 11.6 Å². The minimum Gasteiger partial charge on any atom is -0.381 e. The van der Waals surface area contributed by atoms with Gasteiger partial charge in [-0.15, -0.1) is 0 Å². The van der Waals surface area contributed by atoms with E-state index in [1.54, 1.807) is 12.1 Å². The quantitative estimate of drug-likeness (QED) is 0.673. The van der Waals surface area contributed by atoms with Crippen LogP contribution in [0.3, 0.4) is 0 Å². The van der Waals surface area contributed by atoms with Crippen LogP contribution in [0.5, 0.6) is 0 Å². The number of hydrogen-bond acceptors (Lipinski definition) is 3. The van der Waals surface area contributed by atoms with E-state index in [0.717, 1.165) is 16.8 Å². The molecule has 0 saturated heterocycles. The van der Waals surface area contributed by atoms with Gasteiger partial charge in [0.25, 0.3) is 5.69 Å². The Morgan fingerprint density at radius 1 is 1.21 bits per heavy atom. The van der Waals surface area contributed by atoms with E-state index in [9.17, 15) is 10.1 Å². The molecule has 2 aromatic carbocycles. The van der Waals surface area contributed by atoms with Gasteiger partial charge in [-0.1, -0.05) is 29.8 Å². The molecule has 19 heavy (non-hydrogen) atoms. The lowest BCUT2D eigenvalue weighted by molar-refractivity contribution is -0.384. The summed E-state index contributed by atoms with van der Waals surface area (Å²) in [6.07, 6.45) is 0. The zero-order valence-corrected chi connectivity index (χ0v) is 11.1. The molecule has 0 aromatic heterocycles. The molecule has 0 heterocycles. The Kier molecular flexibility index (Phi) is 4.02. The van der Waals surface area contributed by atoms with Crippen molar-refractivity contribution in [1.29, 1.82) is 0 Å². The summed E-state index contributed by atoms with van der Waals surface area (Å²) in [6, 6.07) is 12.2. The standard InChI is InChI=1S/C14H13ClN2O2/c1-10-13(15)3-2-4-14(10)16-9-11-5-7-12(8-6-11)17(18)19/h2-8,16H,9H2,1H3. The number of nitrogens with zero attached hydrogens (tertiary/aromatic N) is 1. The Labute approximate surface area is 116 Å². The average Bonchev–Trinajstić information content (AvgIpc) is 2.41. The molecule has 0 atom stereocenters. The van der Waals surface area contributed by atoms with E-state index in [4.69, 9.17) is 11.6 Å². The third-order valence-electron chi connectivity index (χ3n) is 2.90. The molecule has 0 fully saturated rings. The molecule has 1 N–H and O–H groups in total. The van der Waals surface area contributed by atoms with E-state index in [1.165, 1.54) is 12.1 Å². The maximum absolute atomic E-state index is 10.5. The van der Waals surface area contributed by atoms with Gasteiger partial charge < -0.3 is 5.32 Å². The molecule has 0 unspecified atom stereocenters. The number of hydrogen-bond donors (Lipinski definition) is 1. The van der Waals surface area contributed by atoms with Crippen LogP contribution in [0.1, 0.15) is 11.1 Å². The summed E-state index contributed by atoms with van der Waals surface area (Å²) in [4.78, 5) is 10.1. The average molecular weight is 277 g/mol. The molecule has 0 aliphatic heterocycles. The zero-order chi connectivity index (χ0) is 13.8. The van der Waals surface area contributed by atoms with Gasteiger partial charge in [-0.25, -0.2) is 0 Å². The molecule has 4 nitrogen and oxygen atoms in total. The lowest BCUT2D eigenvalue weighted by Gasteiger charge is -2.10. The predicted molar refractivity (Wildman–Crippen MR) is 76.6 cm³/mol. The minimum atomic E-state index is -0.404. The molecule has 0 aliphatic rings. The van der Waals surface area contributed by atoms with Crippen LogP contribution in [0, 0.1) is 17.0 Å². The number of rotatable bonds is 4.